The van der Waals surface area contributed by atoms with Crippen LogP contribution in [0.5, 0.6) is 0 Å². The van der Waals surface area contributed by atoms with Crippen LogP contribution in [0.1, 0.15) is 24.1 Å². The normalized spacial score (nSPS) is 23.8. The maximum atomic E-state index is 5.93. The summed E-state index contributed by atoms with van der Waals surface area (Å²) in [6.07, 6.45) is 4.32. The second-order valence-corrected chi connectivity index (χ2v) is 4.68. The van der Waals surface area contributed by atoms with Crippen LogP contribution in [0, 0.1) is 0 Å². The highest BCUT2D eigenvalue weighted by Gasteiger charge is 2.26. The molecule has 5 heteroatoms. The zero-order chi connectivity index (χ0) is 11.1. The summed E-state index contributed by atoms with van der Waals surface area (Å²) < 4.78 is 0. The molecule has 1 aliphatic carbocycles. The topological polar surface area (TPSA) is 81.1 Å². The Labute approximate surface area is 94.9 Å². The molecule has 1 aliphatic heterocycles. The molecule has 0 radical (unpaired) electrons. The number of nitrogens with two attached hydrogens (primary N) is 2. The van der Waals surface area contributed by atoms with Crippen LogP contribution in [-0.2, 0) is 12.8 Å². The van der Waals surface area contributed by atoms with E-state index in [4.69, 9.17) is 11.5 Å². The zero-order valence-corrected chi connectivity index (χ0v) is 9.32. The molecule has 1 aromatic rings. The first-order valence-corrected chi connectivity index (χ1v) is 5.90. The fourth-order valence-electron chi connectivity index (χ4n) is 2.67. The zero-order valence-electron chi connectivity index (χ0n) is 9.32. The summed E-state index contributed by atoms with van der Waals surface area (Å²) in [6, 6.07) is 0.272. The third-order valence-electron chi connectivity index (χ3n) is 3.45. The summed E-state index contributed by atoms with van der Waals surface area (Å²) in [4.78, 5) is 11.0. The maximum Gasteiger partial charge on any atom is 0.222 e. The van der Waals surface area contributed by atoms with Gasteiger partial charge in [-0.2, -0.15) is 4.98 Å². The molecule has 5 nitrogen and oxygen atoms in total. The number of nitrogens with zero attached hydrogens (tertiary/aromatic N) is 3. The van der Waals surface area contributed by atoms with Crippen molar-refractivity contribution in [3.8, 4) is 0 Å². The van der Waals surface area contributed by atoms with E-state index in [-0.39, 0.29) is 6.04 Å². The second-order valence-electron chi connectivity index (χ2n) is 4.68. The Balaban J connectivity index is 2.00. The van der Waals surface area contributed by atoms with Crippen LogP contribution in [0.4, 0.5) is 11.8 Å². The van der Waals surface area contributed by atoms with Crippen LogP contribution in [0.2, 0.25) is 0 Å². The second kappa shape index (κ2) is 3.59. The summed E-state index contributed by atoms with van der Waals surface area (Å²) in [7, 11) is 0. The summed E-state index contributed by atoms with van der Waals surface area (Å²) in [5.74, 6) is 1.43. The number of aryl methyl sites for hydroxylation is 1. The largest absolute Gasteiger partial charge is 0.368 e. The van der Waals surface area contributed by atoms with Crippen LogP contribution in [0.15, 0.2) is 0 Å². The van der Waals surface area contributed by atoms with Gasteiger partial charge in [-0.05, 0) is 25.7 Å². The predicted molar refractivity (Wildman–Crippen MR) is 63.3 cm³/mol. The van der Waals surface area contributed by atoms with Gasteiger partial charge in [0.2, 0.25) is 5.95 Å². The summed E-state index contributed by atoms with van der Waals surface area (Å²) in [6.45, 7) is 1.88. The number of anilines is 2. The van der Waals surface area contributed by atoms with Gasteiger partial charge in [0.05, 0.1) is 5.69 Å². The molecule has 2 aliphatic rings. The molecule has 1 fully saturated rings. The molecule has 1 saturated heterocycles. The third-order valence-corrected chi connectivity index (χ3v) is 3.45. The van der Waals surface area contributed by atoms with Crippen molar-refractivity contribution in [1.29, 1.82) is 0 Å². The molecular weight excluding hydrogens is 202 g/mol. The van der Waals surface area contributed by atoms with E-state index >= 15 is 0 Å². The monoisotopic (exact) mass is 219 g/mol. The van der Waals surface area contributed by atoms with Crippen LogP contribution >= 0.6 is 0 Å². The van der Waals surface area contributed by atoms with Gasteiger partial charge in [0, 0.05) is 24.7 Å². The van der Waals surface area contributed by atoms with Crippen molar-refractivity contribution in [2.24, 2.45) is 5.73 Å². The molecule has 0 saturated carbocycles. The van der Waals surface area contributed by atoms with E-state index in [0.29, 0.717) is 5.95 Å². The average Bonchev–Trinajstić information content (AvgIpc) is 2.84. The van der Waals surface area contributed by atoms with E-state index in [2.05, 4.69) is 14.9 Å². The quantitative estimate of drug-likeness (QED) is 0.699. The first kappa shape index (κ1) is 9.84. The Morgan fingerprint density at radius 1 is 1.25 bits per heavy atom. The molecule has 4 N–H and O–H groups in total. The molecular formula is C11H17N5. The van der Waals surface area contributed by atoms with Gasteiger partial charge in [0.25, 0.3) is 0 Å². The number of fused-ring (bicyclic) bond motifs is 1. The van der Waals surface area contributed by atoms with Crippen molar-refractivity contribution in [1.82, 2.24) is 9.97 Å². The van der Waals surface area contributed by atoms with Crippen molar-refractivity contribution in [2.75, 3.05) is 23.7 Å². The molecule has 1 atom stereocenters. The molecule has 1 aromatic heterocycles. The van der Waals surface area contributed by atoms with Crippen molar-refractivity contribution in [3.63, 3.8) is 0 Å². The van der Waals surface area contributed by atoms with E-state index < -0.39 is 0 Å². The SMILES string of the molecule is Nc1nc2c(c(N3CCC(N)C3)n1)CCC2. The highest BCUT2D eigenvalue weighted by molar-refractivity contribution is 5.54. The lowest BCUT2D eigenvalue weighted by Crippen LogP contribution is -2.28. The number of aromatic nitrogens is 2. The molecule has 2 heterocycles. The number of hydrogen-bond acceptors (Lipinski definition) is 5. The Bertz CT molecular complexity index is 417. The number of nitrogen functional groups attached to an aromatic ring is 1. The van der Waals surface area contributed by atoms with Gasteiger partial charge >= 0.3 is 0 Å². The Morgan fingerprint density at radius 2 is 2.12 bits per heavy atom. The van der Waals surface area contributed by atoms with Crippen molar-refractivity contribution < 1.29 is 0 Å². The van der Waals surface area contributed by atoms with Crippen molar-refractivity contribution in [3.05, 3.63) is 11.3 Å². The van der Waals surface area contributed by atoms with Gasteiger partial charge < -0.3 is 16.4 Å². The summed E-state index contributed by atoms with van der Waals surface area (Å²) >= 11 is 0. The molecule has 16 heavy (non-hydrogen) atoms. The predicted octanol–water partition coefficient (Wildman–Crippen LogP) is 0.0849. The lowest BCUT2D eigenvalue weighted by Gasteiger charge is -2.20. The van der Waals surface area contributed by atoms with Gasteiger partial charge in [-0.1, -0.05) is 0 Å². The first-order valence-electron chi connectivity index (χ1n) is 5.90. The smallest absolute Gasteiger partial charge is 0.222 e. The van der Waals surface area contributed by atoms with Gasteiger partial charge in [-0.25, -0.2) is 4.98 Å². The average molecular weight is 219 g/mol. The van der Waals surface area contributed by atoms with Crippen LogP contribution < -0.4 is 16.4 Å². The molecule has 1 unspecified atom stereocenters. The molecule has 0 aromatic carbocycles. The van der Waals surface area contributed by atoms with Crippen molar-refractivity contribution in [2.45, 2.75) is 31.7 Å². The van der Waals surface area contributed by atoms with Crippen LogP contribution in [-0.4, -0.2) is 29.1 Å². The summed E-state index contributed by atoms with van der Waals surface area (Å²) in [5.41, 5.74) is 14.1. The molecule has 0 spiro atoms. The minimum Gasteiger partial charge on any atom is -0.368 e. The lowest BCUT2D eigenvalue weighted by molar-refractivity contribution is 0.751. The van der Waals surface area contributed by atoms with Crippen molar-refractivity contribution >= 4 is 11.8 Å². The van der Waals surface area contributed by atoms with Gasteiger partial charge in [0.1, 0.15) is 5.82 Å². The first-order chi connectivity index (χ1) is 7.74. The van der Waals surface area contributed by atoms with Gasteiger partial charge in [0.15, 0.2) is 0 Å². The number of hydrogen-bond donors (Lipinski definition) is 2. The third kappa shape index (κ3) is 1.51. The van der Waals surface area contributed by atoms with E-state index in [1.807, 2.05) is 0 Å². The Hall–Kier alpha value is -1.36. The standard InChI is InChI=1S/C11H17N5/c12-7-4-5-16(6-7)10-8-2-1-3-9(8)14-11(13)15-10/h7H,1-6,12H2,(H2,13,14,15). The minimum atomic E-state index is 0.272. The fraction of sp³-hybridized carbons (Fsp3) is 0.636. The minimum absolute atomic E-state index is 0.272. The van der Waals surface area contributed by atoms with E-state index in [1.165, 1.54) is 12.0 Å². The Morgan fingerprint density at radius 3 is 2.88 bits per heavy atom. The van der Waals surface area contributed by atoms with E-state index in [0.717, 1.165) is 43.9 Å². The number of rotatable bonds is 1. The fourth-order valence-corrected chi connectivity index (χ4v) is 2.67. The highest BCUT2D eigenvalue weighted by Crippen LogP contribution is 2.30. The van der Waals surface area contributed by atoms with E-state index in [1.54, 1.807) is 0 Å². The Kier molecular flexibility index (Phi) is 2.21. The molecule has 0 amide bonds. The molecule has 3 rings (SSSR count). The summed E-state index contributed by atoms with van der Waals surface area (Å²) in [5, 5.41) is 0. The van der Waals surface area contributed by atoms with Gasteiger partial charge in [-0.15, -0.1) is 0 Å². The van der Waals surface area contributed by atoms with E-state index in [9.17, 15) is 0 Å². The molecule has 0 bridgehead atoms. The van der Waals surface area contributed by atoms with Crippen LogP contribution in [0.3, 0.4) is 0 Å². The lowest BCUT2D eigenvalue weighted by atomic mass is 10.2. The maximum absolute atomic E-state index is 5.93. The van der Waals surface area contributed by atoms with Crippen LogP contribution in [0.25, 0.3) is 0 Å². The highest BCUT2D eigenvalue weighted by atomic mass is 15.2. The van der Waals surface area contributed by atoms with Gasteiger partial charge in [-0.3, -0.25) is 0 Å². The molecule has 86 valence electrons.